The summed E-state index contributed by atoms with van der Waals surface area (Å²) in [6.07, 6.45) is 3.02. The van der Waals surface area contributed by atoms with E-state index in [-0.39, 0.29) is 0 Å². The van der Waals surface area contributed by atoms with Gasteiger partial charge in [-0.05, 0) is 66.8 Å². The summed E-state index contributed by atoms with van der Waals surface area (Å²) in [7, 11) is 0. The fourth-order valence-corrected chi connectivity index (χ4v) is 3.56. The van der Waals surface area contributed by atoms with Crippen LogP contribution in [0, 0.1) is 0 Å². The molecule has 1 nitrogen and oxygen atoms in total. The Kier molecular flexibility index (Phi) is 4.75. The van der Waals surface area contributed by atoms with Gasteiger partial charge in [-0.1, -0.05) is 46.9 Å². The van der Waals surface area contributed by atoms with Crippen LogP contribution in [-0.2, 0) is 19.3 Å². The quantitative estimate of drug-likeness (QED) is 0.830. The highest BCUT2D eigenvalue weighted by Crippen LogP contribution is 2.25. The van der Waals surface area contributed by atoms with E-state index in [4.69, 9.17) is 34.8 Å². The van der Waals surface area contributed by atoms with Crippen LogP contribution in [0.15, 0.2) is 36.4 Å². The zero-order valence-corrected chi connectivity index (χ0v) is 13.8. The summed E-state index contributed by atoms with van der Waals surface area (Å²) in [5.41, 5.74) is 3.90. The van der Waals surface area contributed by atoms with Gasteiger partial charge < -0.3 is 5.32 Å². The predicted molar refractivity (Wildman–Crippen MR) is 90.8 cm³/mol. The van der Waals surface area contributed by atoms with Crippen molar-refractivity contribution in [1.29, 1.82) is 0 Å². The number of halogens is 3. The first-order valence-electron chi connectivity index (χ1n) is 7.06. The molecule has 0 amide bonds. The van der Waals surface area contributed by atoms with Crippen molar-refractivity contribution in [3.05, 3.63) is 68.2 Å². The van der Waals surface area contributed by atoms with Gasteiger partial charge in [0.15, 0.2) is 0 Å². The first-order valence-corrected chi connectivity index (χ1v) is 8.20. The Morgan fingerprint density at radius 3 is 2.43 bits per heavy atom. The van der Waals surface area contributed by atoms with Gasteiger partial charge >= 0.3 is 0 Å². The molecule has 0 bridgehead atoms. The highest BCUT2D eigenvalue weighted by molar-refractivity contribution is 6.35. The molecule has 1 aliphatic carbocycles. The molecule has 1 atom stereocenters. The molecule has 2 aromatic carbocycles. The summed E-state index contributed by atoms with van der Waals surface area (Å²) >= 11 is 18.1. The van der Waals surface area contributed by atoms with Crippen LogP contribution in [0.2, 0.25) is 15.1 Å². The Balaban J connectivity index is 1.53. The molecule has 0 heterocycles. The van der Waals surface area contributed by atoms with Crippen molar-refractivity contribution in [2.75, 3.05) is 6.54 Å². The lowest BCUT2D eigenvalue weighted by Gasteiger charge is -2.12. The smallest absolute Gasteiger partial charge is 0.0453 e. The first-order chi connectivity index (χ1) is 10.1. The minimum Gasteiger partial charge on any atom is -0.313 e. The van der Waals surface area contributed by atoms with E-state index < -0.39 is 0 Å². The van der Waals surface area contributed by atoms with Crippen molar-refractivity contribution in [2.45, 2.75) is 25.3 Å². The Labute approximate surface area is 140 Å². The van der Waals surface area contributed by atoms with Crippen LogP contribution in [0.25, 0.3) is 0 Å². The van der Waals surface area contributed by atoms with Crippen molar-refractivity contribution in [3.63, 3.8) is 0 Å². The lowest BCUT2D eigenvalue weighted by molar-refractivity contribution is 0.536. The highest BCUT2D eigenvalue weighted by atomic mass is 35.5. The number of rotatable bonds is 4. The minimum absolute atomic E-state index is 0.490. The van der Waals surface area contributed by atoms with Gasteiger partial charge in [0.05, 0.1) is 0 Å². The monoisotopic (exact) mass is 339 g/mol. The van der Waals surface area contributed by atoms with Gasteiger partial charge in [0.2, 0.25) is 0 Å². The molecule has 1 aliphatic rings. The molecule has 1 N–H and O–H groups in total. The maximum atomic E-state index is 6.19. The topological polar surface area (TPSA) is 12.0 Å². The number of benzene rings is 2. The molecule has 21 heavy (non-hydrogen) atoms. The van der Waals surface area contributed by atoms with Crippen LogP contribution in [0.4, 0.5) is 0 Å². The normalized spacial score (nSPS) is 17.0. The number of fused-ring (bicyclic) bond motifs is 1. The van der Waals surface area contributed by atoms with E-state index in [1.807, 2.05) is 18.2 Å². The summed E-state index contributed by atoms with van der Waals surface area (Å²) in [6, 6.07) is 12.3. The predicted octanol–water partition coefficient (Wildman–Crippen LogP) is 4.95. The second-order valence-electron chi connectivity index (χ2n) is 5.46. The summed E-state index contributed by atoms with van der Waals surface area (Å²) in [6.45, 7) is 0.910. The second-order valence-corrected chi connectivity index (χ2v) is 6.74. The van der Waals surface area contributed by atoms with E-state index in [0.29, 0.717) is 11.1 Å². The van der Waals surface area contributed by atoms with E-state index in [2.05, 4.69) is 17.4 Å². The van der Waals surface area contributed by atoms with Gasteiger partial charge in [-0.25, -0.2) is 0 Å². The van der Waals surface area contributed by atoms with Crippen LogP contribution >= 0.6 is 34.8 Å². The fourth-order valence-electron chi connectivity index (χ4n) is 2.87. The van der Waals surface area contributed by atoms with Crippen molar-refractivity contribution < 1.29 is 0 Å². The van der Waals surface area contributed by atoms with Crippen molar-refractivity contribution >= 4 is 34.8 Å². The summed E-state index contributed by atoms with van der Waals surface area (Å²) in [5.74, 6) is 0. The minimum atomic E-state index is 0.490. The zero-order valence-electron chi connectivity index (χ0n) is 11.5. The second kappa shape index (κ2) is 6.58. The van der Waals surface area contributed by atoms with Gasteiger partial charge in [-0.15, -0.1) is 0 Å². The molecular weight excluding hydrogens is 325 g/mol. The van der Waals surface area contributed by atoms with Gasteiger partial charge in [0.25, 0.3) is 0 Å². The van der Waals surface area contributed by atoms with Crippen molar-refractivity contribution in [1.82, 2.24) is 5.32 Å². The van der Waals surface area contributed by atoms with Crippen LogP contribution in [0.3, 0.4) is 0 Å². The molecule has 0 aliphatic heterocycles. The number of hydrogen-bond donors (Lipinski definition) is 1. The van der Waals surface area contributed by atoms with Gasteiger partial charge in [0, 0.05) is 21.1 Å². The molecule has 0 aromatic heterocycles. The van der Waals surface area contributed by atoms with Crippen molar-refractivity contribution in [2.24, 2.45) is 0 Å². The SMILES string of the molecule is Clc1ccc(CCNC2Cc3ccc(Cl)cc3C2)c(Cl)c1. The summed E-state index contributed by atoms with van der Waals surface area (Å²) in [5, 5.41) is 5.85. The molecule has 3 rings (SSSR count). The van der Waals surface area contributed by atoms with Crippen LogP contribution < -0.4 is 5.32 Å². The third kappa shape index (κ3) is 3.73. The van der Waals surface area contributed by atoms with E-state index in [0.717, 1.165) is 41.4 Å². The number of nitrogens with one attached hydrogen (secondary N) is 1. The van der Waals surface area contributed by atoms with E-state index in [1.165, 1.54) is 11.1 Å². The Morgan fingerprint density at radius 2 is 1.62 bits per heavy atom. The third-order valence-electron chi connectivity index (χ3n) is 3.94. The lowest BCUT2D eigenvalue weighted by Crippen LogP contribution is -2.31. The largest absolute Gasteiger partial charge is 0.313 e. The molecule has 0 spiro atoms. The average Bonchev–Trinajstić information content (AvgIpc) is 2.83. The maximum Gasteiger partial charge on any atom is 0.0453 e. The van der Waals surface area contributed by atoms with E-state index in [1.54, 1.807) is 6.07 Å². The summed E-state index contributed by atoms with van der Waals surface area (Å²) < 4.78 is 0. The molecule has 0 fully saturated rings. The third-order valence-corrected chi connectivity index (χ3v) is 4.77. The van der Waals surface area contributed by atoms with Crippen molar-refractivity contribution in [3.8, 4) is 0 Å². The van der Waals surface area contributed by atoms with Crippen LogP contribution in [0.1, 0.15) is 16.7 Å². The molecule has 110 valence electrons. The highest BCUT2D eigenvalue weighted by Gasteiger charge is 2.20. The number of hydrogen-bond acceptors (Lipinski definition) is 1. The molecule has 1 unspecified atom stereocenters. The molecule has 0 saturated carbocycles. The zero-order chi connectivity index (χ0) is 14.8. The average molecular weight is 341 g/mol. The van der Waals surface area contributed by atoms with Gasteiger partial charge in [-0.2, -0.15) is 0 Å². The maximum absolute atomic E-state index is 6.19. The molecular formula is C17H16Cl3N. The first kappa shape index (κ1) is 15.2. The van der Waals surface area contributed by atoms with E-state index in [9.17, 15) is 0 Å². The molecule has 2 aromatic rings. The van der Waals surface area contributed by atoms with E-state index >= 15 is 0 Å². The molecule has 0 radical (unpaired) electrons. The van der Waals surface area contributed by atoms with Crippen LogP contribution in [-0.4, -0.2) is 12.6 Å². The van der Waals surface area contributed by atoms with Crippen LogP contribution in [0.5, 0.6) is 0 Å². The fraction of sp³-hybridized carbons (Fsp3) is 0.294. The Hall–Kier alpha value is -0.730. The van der Waals surface area contributed by atoms with Gasteiger partial charge in [-0.3, -0.25) is 0 Å². The Morgan fingerprint density at radius 1 is 0.905 bits per heavy atom. The van der Waals surface area contributed by atoms with Gasteiger partial charge in [0.1, 0.15) is 0 Å². The molecule has 0 saturated heterocycles. The summed E-state index contributed by atoms with van der Waals surface area (Å²) in [4.78, 5) is 0. The molecule has 4 heteroatoms. The lowest BCUT2D eigenvalue weighted by atomic mass is 10.1. The Bertz CT molecular complexity index is 654. The standard InChI is InChI=1S/C17H16Cl3N/c18-14-4-2-12-8-16(9-13(12)7-14)21-6-5-11-1-3-15(19)10-17(11)20/h1-4,7,10,16,21H,5-6,8-9H2.